The highest BCUT2D eigenvalue weighted by Gasteiger charge is 2.26. The Morgan fingerprint density at radius 1 is 1.33 bits per heavy atom. The minimum absolute atomic E-state index is 0.343. The summed E-state index contributed by atoms with van der Waals surface area (Å²) in [6.45, 7) is 1.51. The van der Waals surface area contributed by atoms with E-state index in [1.165, 1.54) is 0 Å². The molecule has 1 rings (SSSR count). The summed E-state index contributed by atoms with van der Waals surface area (Å²) >= 11 is 3.29. The van der Waals surface area contributed by atoms with Crippen LogP contribution in [0.1, 0.15) is 12.0 Å². The fourth-order valence-electron chi connectivity index (χ4n) is 0.992. The number of hydrogen-bond donors (Lipinski definition) is 0. The van der Waals surface area contributed by atoms with E-state index in [1.54, 1.807) is 18.2 Å². The Kier molecular flexibility index (Phi) is 4.02. The van der Waals surface area contributed by atoms with Crippen LogP contribution < -0.4 is 4.74 Å². The van der Waals surface area contributed by atoms with E-state index in [2.05, 4.69) is 15.9 Å². The van der Waals surface area contributed by atoms with Gasteiger partial charge in [0.2, 0.25) is 0 Å². The number of hydrogen-bond acceptors (Lipinski definition) is 1. The maximum Gasteiger partial charge on any atom is 0.392 e. The van der Waals surface area contributed by atoms with E-state index in [0.717, 1.165) is 10.0 Å². The lowest BCUT2D eigenvalue weighted by molar-refractivity contribution is -0.139. The highest BCUT2D eigenvalue weighted by Crippen LogP contribution is 2.23. The Hall–Kier alpha value is -0.710. The van der Waals surface area contributed by atoms with E-state index in [4.69, 9.17) is 4.74 Å². The SMILES string of the molecule is Cc1cc(OCCC(F)(F)F)ccc1Br. The van der Waals surface area contributed by atoms with Gasteiger partial charge in [-0.3, -0.25) is 0 Å². The van der Waals surface area contributed by atoms with Crippen molar-refractivity contribution in [2.24, 2.45) is 0 Å². The summed E-state index contributed by atoms with van der Waals surface area (Å²) in [6, 6.07) is 5.08. The molecule has 0 amide bonds. The molecule has 1 aromatic carbocycles. The van der Waals surface area contributed by atoms with E-state index in [1.807, 2.05) is 6.92 Å². The quantitative estimate of drug-likeness (QED) is 0.811. The van der Waals surface area contributed by atoms with Gasteiger partial charge in [0, 0.05) is 4.47 Å². The molecule has 84 valence electrons. The van der Waals surface area contributed by atoms with Gasteiger partial charge in [-0.1, -0.05) is 15.9 Å². The lowest BCUT2D eigenvalue weighted by atomic mass is 10.2. The van der Waals surface area contributed by atoms with Gasteiger partial charge in [0.05, 0.1) is 13.0 Å². The van der Waals surface area contributed by atoms with Gasteiger partial charge in [-0.05, 0) is 30.7 Å². The molecule has 0 heterocycles. The molecule has 0 N–H and O–H groups in total. The summed E-state index contributed by atoms with van der Waals surface area (Å²) in [5, 5.41) is 0. The summed E-state index contributed by atoms with van der Waals surface area (Å²) in [7, 11) is 0. The second-order valence-corrected chi connectivity index (χ2v) is 3.98. The van der Waals surface area contributed by atoms with Crippen molar-refractivity contribution in [1.29, 1.82) is 0 Å². The van der Waals surface area contributed by atoms with Gasteiger partial charge < -0.3 is 4.74 Å². The Bertz CT molecular complexity index is 336. The van der Waals surface area contributed by atoms with E-state index in [9.17, 15) is 13.2 Å². The molecule has 0 bridgehead atoms. The molecule has 0 aromatic heterocycles. The molecule has 0 atom stereocenters. The number of rotatable bonds is 3. The number of aryl methyl sites for hydroxylation is 1. The average Bonchev–Trinajstić information content (AvgIpc) is 2.09. The van der Waals surface area contributed by atoms with Crippen molar-refractivity contribution in [2.45, 2.75) is 19.5 Å². The first-order chi connectivity index (χ1) is 6.88. The third kappa shape index (κ3) is 4.55. The third-order valence-corrected chi connectivity index (χ3v) is 2.67. The molecule has 0 unspecified atom stereocenters. The van der Waals surface area contributed by atoms with Crippen molar-refractivity contribution in [3.63, 3.8) is 0 Å². The maximum atomic E-state index is 11.8. The molecule has 5 heteroatoms. The molecule has 0 aliphatic rings. The van der Waals surface area contributed by atoms with Crippen molar-refractivity contribution in [3.8, 4) is 5.75 Å². The molecule has 0 aliphatic heterocycles. The van der Waals surface area contributed by atoms with Crippen LogP contribution in [-0.4, -0.2) is 12.8 Å². The Balaban J connectivity index is 2.48. The van der Waals surface area contributed by atoms with Gasteiger partial charge in [0.15, 0.2) is 0 Å². The van der Waals surface area contributed by atoms with Crippen LogP contribution in [0.3, 0.4) is 0 Å². The first-order valence-electron chi connectivity index (χ1n) is 4.34. The van der Waals surface area contributed by atoms with E-state index >= 15 is 0 Å². The number of halogens is 4. The van der Waals surface area contributed by atoms with Crippen LogP contribution >= 0.6 is 15.9 Å². The van der Waals surface area contributed by atoms with Crippen LogP contribution in [0.2, 0.25) is 0 Å². The number of ether oxygens (including phenoxy) is 1. The first kappa shape index (κ1) is 12.4. The fourth-order valence-corrected chi connectivity index (χ4v) is 1.24. The standard InChI is InChI=1S/C10H10BrF3O/c1-7-6-8(2-3-9(7)11)15-5-4-10(12,13)14/h2-3,6H,4-5H2,1H3. The van der Waals surface area contributed by atoms with E-state index in [-0.39, 0.29) is 6.61 Å². The monoisotopic (exact) mass is 282 g/mol. The van der Waals surface area contributed by atoms with Gasteiger partial charge in [0.1, 0.15) is 5.75 Å². The molecular formula is C10H10BrF3O. The third-order valence-electron chi connectivity index (χ3n) is 1.78. The molecule has 1 nitrogen and oxygen atoms in total. The molecular weight excluding hydrogens is 273 g/mol. The molecule has 0 fully saturated rings. The Labute approximate surface area is 94.4 Å². The fraction of sp³-hybridized carbons (Fsp3) is 0.400. The molecule has 15 heavy (non-hydrogen) atoms. The molecule has 0 spiro atoms. The maximum absolute atomic E-state index is 11.8. The van der Waals surface area contributed by atoms with Gasteiger partial charge in [0.25, 0.3) is 0 Å². The van der Waals surface area contributed by atoms with E-state index < -0.39 is 12.6 Å². The minimum atomic E-state index is -4.16. The second-order valence-electron chi connectivity index (χ2n) is 3.12. The molecule has 0 aliphatic carbocycles. The Morgan fingerprint density at radius 3 is 2.53 bits per heavy atom. The minimum Gasteiger partial charge on any atom is -0.493 e. The number of benzene rings is 1. The average molecular weight is 283 g/mol. The lowest BCUT2D eigenvalue weighted by Gasteiger charge is -2.09. The summed E-state index contributed by atoms with van der Waals surface area (Å²) in [4.78, 5) is 0. The normalized spacial score (nSPS) is 11.5. The molecule has 1 aromatic rings. The molecule has 0 radical (unpaired) electrons. The highest BCUT2D eigenvalue weighted by atomic mass is 79.9. The van der Waals surface area contributed by atoms with Crippen molar-refractivity contribution >= 4 is 15.9 Å². The second kappa shape index (κ2) is 4.88. The van der Waals surface area contributed by atoms with Gasteiger partial charge in [-0.2, -0.15) is 13.2 Å². The van der Waals surface area contributed by atoms with Crippen LogP contribution in [0, 0.1) is 6.92 Å². The first-order valence-corrected chi connectivity index (χ1v) is 5.13. The highest BCUT2D eigenvalue weighted by molar-refractivity contribution is 9.10. The topological polar surface area (TPSA) is 9.23 Å². The zero-order valence-electron chi connectivity index (χ0n) is 8.07. The van der Waals surface area contributed by atoms with Crippen LogP contribution in [0.5, 0.6) is 5.75 Å². The lowest BCUT2D eigenvalue weighted by Crippen LogP contribution is -2.13. The zero-order valence-corrected chi connectivity index (χ0v) is 9.65. The molecule has 0 saturated carbocycles. The predicted octanol–water partition coefficient (Wildman–Crippen LogP) is 4.09. The van der Waals surface area contributed by atoms with Crippen LogP contribution in [0.15, 0.2) is 22.7 Å². The van der Waals surface area contributed by atoms with Crippen molar-refractivity contribution < 1.29 is 17.9 Å². The summed E-state index contributed by atoms with van der Waals surface area (Å²) in [6.07, 6.45) is -5.09. The van der Waals surface area contributed by atoms with Crippen molar-refractivity contribution in [1.82, 2.24) is 0 Å². The van der Waals surface area contributed by atoms with Crippen molar-refractivity contribution in [2.75, 3.05) is 6.61 Å². The predicted molar refractivity (Wildman–Crippen MR) is 55.0 cm³/mol. The van der Waals surface area contributed by atoms with Gasteiger partial charge in [-0.15, -0.1) is 0 Å². The van der Waals surface area contributed by atoms with Crippen LogP contribution in [0.25, 0.3) is 0 Å². The largest absolute Gasteiger partial charge is 0.493 e. The zero-order chi connectivity index (χ0) is 11.5. The molecule has 0 saturated heterocycles. The summed E-state index contributed by atoms with van der Waals surface area (Å²) in [5.74, 6) is 0.458. The summed E-state index contributed by atoms with van der Waals surface area (Å²) in [5.41, 5.74) is 0.930. The van der Waals surface area contributed by atoms with Crippen LogP contribution in [-0.2, 0) is 0 Å². The Morgan fingerprint density at radius 2 is 2.00 bits per heavy atom. The van der Waals surface area contributed by atoms with Gasteiger partial charge >= 0.3 is 6.18 Å². The smallest absolute Gasteiger partial charge is 0.392 e. The summed E-state index contributed by atoms with van der Waals surface area (Å²) < 4.78 is 41.3. The van der Waals surface area contributed by atoms with E-state index in [0.29, 0.717) is 5.75 Å². The van der Waals surface area contributed by atoms with Crippen molar-refractivity contribution in [3.05, 3.63) is 28.2 Å². The van der Waals surface area contributed by atoms with Gasteiger partial charge in [-0.25, -0.2) is 0 Å². The number of alkyl halides is 3. The van der Waals surface area contributed by atoms with Crippen LogP contribution in [0.4, 0.5) is 13.2 Å².